The molecule has 1 saturated heterocycles. The summed E-state index contributed by atoms with van der Waals surface area (Å²) in [7, 11) is 0. The van der Waals surface area contributed by atoms with E-state index in [1.807, 2.05) is 13.8 Å². The Balaban J connectivity index is 2.09. The van der Waals surface area contributed by atoms with Crippen molar-refractivity contribution >= 4 is 17.4 Å². The maximum absolute atomic E-state index is 6.16. The molecular weight excluding hydrogens is 238 g/mol. The van der Waals surface area contributed by atoms with Crippen molar-refractivity contribution in [1.82, 2.24) is 9.97 Å². The van der Waals surface area contributed by atoms with Gasteiger partial charge in [-0.2, -0.15) is 4.98 Å². The van der Waals surface area contributed by atoms with E-state index in [0.717, 1.165) is 31.7 Å². The average molecular weight is 256 g/mol. The lowest BCUT2D eigenvalue weighted by Crippen LogP contribution is -2.36. The van der Waals surface area contributed by atoms with Crippen molar-refractivity contribution < 1.29 is 4.74 Å². The Morgan fingerprint density at radius 3 is 3.00 bits per heavy atom. The Morgan fingerprint density at radius 1 is 1.47 bits per heavy atom. The molecular formula is C12H18ClN3O. The minimum absolute atomic E-state index is 0.113. The normalized spacial score (nSPS) is 20.7. The number of anilines is 1. The molecule has 0 radical (unpaired) electrons. The molecule has 1 aromatic rings. The highest BCUT2D eigenvalue weighted by Gasteiger charge is 2.19. The summed E-state index contributed by atoms with van der Waals surface area (Å²) < 4.78 is 5.54. The molecule has 0 amide bonds. The third-order valence-electron chi connectivity index (χ3n) is 2.64. The molecule has 1 unspecified atom stereocenters. The highest BCUT2D eigenvalue weighted by atomic mass is 35.5. The monoisotopic (exact) mass is 255 g/mol. The van der Waals surface area contributed by atoms with Crippen LogP contribution < -0.4 is 9.64 Å². The first kappa shape index (κ1) is 12.4. The summed E-state index contributed by atoms with van der Waals surface area (Å²) in [5, 5.41) is 0.209. The van der Waals surface area contributed by atoms with Crippen LogP contribution in [0.2, 0.25) is 0 Å². The third kappa shape index (κ3) is 3.46. The van der Waals surface area contributed by atoms with Gasteiger partial charge in [-0.1, -0.05) is 0 Å². The Morgan fingerprint density at radius 2 is 2.29 bits per heavy atom. The predicted molar refractivity (Wildman–Crippen MR) is 68.9 cm³/mol. The summed E-state index contributed by atoms with van der Waals surface area (Å²) in [6, 6.07) is 0. The van der Waals surface area contributed by atoms with Gasteiger partial charge in [0.15, 0.2) is 5.82 Å². The van der Waals surface area contributed by atoms with E-state index in [2.05, 4.69) is 14.9 Å². The summed E-state index contributed by atoms with van der Waals surface area (Å²) in [4.78, 5) is 10.8. The fraction of sp³-hybridized carbons (Fsp3) is 0.667. The number of rotatable bonds is 3. The molecule has 0 aromatic carbocycles. The first-order chi connectivity index (χ1) is 8.15. The topological polar surface area (TPSA) is 38.2 Å². The summed E-state index contributed by atoms with van der Waals surface area (Å²) in [5.74, 6) is 1.43. The summed E-state index contributed by atoms with van der Waals surface area (Å²) in [5.41, 5.74) is 0. The first-order valence-corrected chi connectivity index (χ1v) is 6.46. The van der Waals surface area contributed by atoms with E-state index in [9.17, 15) is 0 Å². The third-order valence-corrected chi connectivity index (χ3v) is 3.00. The molecule has 4 nitrogen and oxygen atoms in total. The van der Waals surface area contributed by atoms with Crippen LogP contribution in [-0.4, -0.2) is 34.5 Å². The molecule has 0 spiro atoms. The maximum Gasteiger partial charge on any atom is 0.234 e. The SMILES string of the molecule is CC(C)Oc1cncc(N2CCCC(Cl)C2)n1. The van der Waals surface area contributed by atoms with Crippen LogP contribution in [0.1, 0.15) is 26.7 Å². The minimum Gasteiger partial charge on any atom is -0.474 e. The van der Waals surface area contributed by atoms with Gasteiger partial charge >= 0.3 is 0 Å². The molecule has 1 aromatic heterocycles. The van der Waals surface area contributed by atoms with Gasteiger partial charge in [-0.25, -0.2) is 0 Å². The second kappa shape index (κ2) is 5.54. The number of halogens is 1. The van der Waals surface area contributed by atoms with Gasteiger partial charge in [-0.3, -0.25) is 4.98 Å². The Labute approximate surface area is 107 Å². The zero-order valence-corrected chi connectivity index (χ0v) is 11.0. The number of aromatic nitrogens is 2. The predicted octanol–water partition coefficient (Wildman–Crippen LogP) is 2.47. The van der Waals surface area contributed by atoms with Gasteiger partial charge in [0.25, 0.3) is 0 Å². The number of piperidine rings is 1. The van der Waals surface area contributed by atoms with Gasteiger partial charge in [-0.05, 0) is 26.7 Å². The van der Waals surface area contributed by atoms with E-state index in [0.29, 0.717) is 5.88 Å². The van der Waals surface area contributed by atoms with Gasteiger partial charge in [-0.15, -0.1) is 11.6 Å². The Hall–Kier alpha value is -1.03. The van der Waals surface area contributed by atoms with Crippen molar-refractivity contribution in [3.8, 4) is 5.88 Å². The molecule has 0 N–H and O–H groups in total. The second-order valence-corrected chi connectivity index (χ2v) is 5.18. The number of hydrogen-bond donors (Lipinski definition) is 0. The molecule has 0 saturated carbocycles. The molecule has 2 heterocycles. The van der Waals surface area contributed by atoms with Crippen LogP contribution in [0.4, 0.5) is 5.82 Å². The van der Waals surface area contributed by atoms with Crippen molar-refractivity contribution in [3.63, 3.8) is 0 Å². The molecule has 1 fully saturated rings. The largest absolute Gasteiger partial charge is 0.474 e. The van der Waals surface area contributed by atoms with Gasteiger partial charge in [0.2, 0.25) is 5.88 Å². The van der Waals surface area contributed by atoms with Crippen LogP contribution in [0.5, 0.6) is 5.88 Å². The van der Waals surface area contributed by atoms with E-state index in [-0.39, 0.29) is 11.5 Å². The lowest BCUT2D eigenvalue weighted by molar-refractivity contribution is 0.231. The fourth-order valence-electron chi connectivity index (χ4n) is 1.92. The highest BCUT2D eigenvalue weighted by molar-refractivity contribution is 6.21. The van der Waals surface area contributed by atoms with Crippen LogP contribution in [0.25, 0.3) is 0 Å². The lowest BCUT2D eigenvalue weighted by atomic mass is 10.1. The zero-order chi connectivity index (χ0) is 12.3. The van der Waals surface area contributed by atoms with Crippen molar-refractivity contribution in [2.45, 2.75) is 38.2 Å². The average Bonchev–Trinajstić information content (AvgIpc) is 2.28. The molecule has 1 aliphatic rings. The summed E-state index contributed by atoms with van der Waals surface area (Å²) in [6.45, 7) is 5.78. The summed E-state index contributed by atoms with van der Waals surface area (Å²) >= 11 is 6.16. The fourth-order valence-corrected chi connectivity index (χ4v) is 2.24. The molecule has 2 rings (SSSR count). The van der Waals surface area contributed by atoms with Crippen molar-refractivity contribution in [1.29, 1.82) is 0 Å². The zero-order valence-electron chi connectivity index (χ0n) is 10.3. The molecule has 94 valence electrons. The Bertz CT molecular complexity index is 373. The summed E-state index contributed by atoms with van der Waals surface area (Å²) in [6.07, 6.45) is 5.70. The van der Waals surface area contributed by atoms with Crippen molar-refractivity contribution in [2.24, 2.45) is 0 Å². The van der Waals surface area contributed by atoms with Crippen molar-refractivity contribution in [3.05, 3.63) is 12.4 Å². The van der Waals surface area contributed by atoms with Crippen LogP contribution >= 0.6 is 11.6 Å². The quantitative estimate of drug-likeness (QED) is 0.778. The second-order valence-electron chi connectivity index (χ2n) is 4.57. The van der Waals surface area contributed by atoms with Crippen LogP contribution in [0.3, 0.4) is 0 Å². The molecule has 0 aliphatic carbocycles. The number of ether oxygens (including phenoxy) is 1. The van der Waals surface area contributed by atoms with Crippen LogP contribution in [-0.2, 0) is 0 Å². The van der Waals surface area contributed by atoms with E-state index in [1.54, 1.807) is 12.4 Å². The van der Waals surface area contributed by atoms with Crippen molar-refractivity contribution in [2.75, 3.05) is 18.0 Å². The standard InChI is InChI=1S/C12H18ClN3O/c1-9(2)17-12-7-14-6-11(15-12)16-5-3-4-10(13)8-16/h6-7,9-10H,3-5,8H2,1-2H3. The number of hydrogen-bond acceptors (Lipinski definition) is 4. The van der Waals surface area contributed by atoms with Gasteiger partial charge < -0.3 is 9.64 Å². The molecule has 5 heteroatoms. The van der Waals surface area contributed by atoms with Gasteiger partial charge in [0, 0.05) is 13.1 Å². The molecule has 0 bridgehead atoms. The highest BCUT2D eigenvalue weighted by Crippen LogP contribution is 2.21. The minimum atomic E-state index is 0.113. The number of nitrogens with zero attached hydrogens (tertiary/aromatic N) is 3. The molecule has 1 aliphatic heterocycles. The number of alkyl halides is 1. The molecule has 17 heavy (non-hydrogen) atoms. The lowest BCUT2D eigenvalue weighted by Gasteiger charge is -2.30. The van der Waals surface area contributed by atoms with E-state index < -0.39 is 0 Å². The van der Waals surface area contributed by atoms with Gasteiger partial charge in [0.05, 0.1) is 23.9 Å². The van der Waals surface area contributed by atoms with Crippen LogP contribution in [0.15, 0.2) is 12.4 Å². The smallest absolute Gasteiger partial charge is 0.234 e. The Kier molecular flexibility index (Phi) is 4.05. The first-order valence-electron chi connectivity index (χ1n) is 6.03. The van der Waals surface area contributed by atoms with Gasteiger partial charge in [0.1, 0.15) is 0 Å². The van der Waals surface area contributed by atoms with E-state index in [1.165, 1.54) is 0 Å². The van der Waals surface area contributed by atoms with Crippen LogP contribution in [0, 0.1) is 0 Å². The van der Waals surface area contributed by atoms with E-state index >= 15 is 0 Å². The van der Waals surface area contributed by atoms with E-state index in [4.69, 9.17) is 16.3 Å². The molecule has 1 atom stereocenters. The maximum atomic E-state index is 6.16.